The fraction of sp³-hybridized carbons (Fsp3) is 0.364. The van der Waals surface area contributed by atoms with Crippen LogP contribution >= 0.6 is 0 Å². The first-order chi connectivity index (χ1) is 8.18. The lowest BCUT2D eigenvalue weighted by molar-refractivity contribution is -0.134. The SMILES string of the molecule is CC(=O)O.CN(c1cccc(CN)c1)S(C)(=O)=O. The van der Waals surface area contributed by atoms with Crippen LogP contribution in [0.3, 0.4) is 0 Å². The number of benzene rings is 1. The van der Waals surface area contributed by atoms with Gasteiger partial charge >= 0.3 is 0 Å². The molecular formula is C11H18N2O4S. The van der Waals surface area contributed by atoms with Gasteiger partial charge in [-0.3, -0.25) is 9.10 Å². The first kappa shape index (κ1) is 16.4. The number of carbonyl (C=O) groups is 1. The number of carboxylic acid groups (broad SMARTS) is 1. The van der Waals surface area contributed by atoms with E-state index in [0.717, 1.165) is 12.5 Å². The highest BCUT2D eigenvalue weighted by Crippen LogP contribution is 2.16. The third kappa shape index (κ3) is 6.21. The number of anilines is 1. The molecule has 1 rings (SSSR count). The van der Waals surface area contributed by atoms with Crippen molar-refractivity contribution in [2.24, 2.45) is 5.73 Å². The predicted octanol–water partition coefficient (Wildman–Crippen LogP) is 0.632. The molecule has 0 saturated heterocycles. The zero-order chi connectivity index (χ0) is 14.3. The number of rotatable bonds is 3. The number of hydrogen-bond donors (Lipinski definition) is 2. The van der Waals surface area contributed by atoms with Crippen molar-refractivity contribution in [3.8, 4) is 0 Å². The van der Waals surface area contributed by atoms with E-state index in [1.807, 2.05) is 6.07 Å². The smallest absolute Gasteiger partial charge is 0.300 e. The highest BCUT2D eigenvalue weighted by Gasteiger charge is 2.11. The number of aliphatic carboxylic acids is 1. The van der Waals surface area contributed by atoms with Crippen molar-refractivity contribution in [3.63, 3.8) is 0 Å². The molecule has 7 heteroatoms. The lowest BCUT2D eigenvalue weighted by Crippen LogP contribution is -2.24. The van der Waals surface area contributed by atoms with Crippen molar-refractivity contribution < 1.29 is 18.3 Å². The molecule has 0 fully saturated rings. The van der Waals surface area contributed by atoms with Gasteiger partial charge in [-0.25, -0.2) is 8.42 Å². The molecule has 0 aliphatic heterocycles. The van der Waals surface area contributed by atoms with E-state index in [1.54, 1.807) is 18.2 Å². The second-order valence-electron chi connectivity index (χ2n) is 3.62. The van der Waals surface area contributed by atoms with E-state index >= 15 is 0 Å². The largest absolute Gasteiger partial charge is 0.481 e. The summed E-state index contributed by atoms with van der Waals surface area (Å²) in [4.78, 5) is 9.00. The highest BCUT2D eigenvalue weighted by atomic mass is 32.2. The molecule has 0 radical (unpaired) electrons. The van der Waals surface area contributed by atoms with Crippen LogP contribution in [0.4, 0.5) is 5.69 Å². The first-order valence-corrected chi connectivity index (χ1v) is 6.95. The monoisotopic (exact) mass is 274 g/mol. The van der Waals surface area contributed by atoms with Gasteiger partial charge in [-0.15, -0.1) is 0 Å². The molecular weight excluding hydrogens is 256 g/mol. The van der Waals surface area contributed by atoms with E-state index in [2.05, 4.69) is 0 Å². The molecule has 0 bridgehead atoms. The van der Waals surface area contributed by atoms with Gasteiger partial charge in [-0.1, -0.05) is 12.1 Å². The summed E-state index contributed by atoms with van der Waals surface area (Å²) < 4.78 is 23.7. The Morgan fingerprint density at radius 1 is 1.44 bits per heavy atom. The maximum atomic E-state index is 11.2. The van der Waals surface area contributed by atoms with Crippen molar-refractivity contribution in [1.82, 2.24) is 0 Å². The van der Waals surface area contributed by atoms with Crippen molar-refractivity contribution in [2.75, 3.05) is 17.6 Å². The third-order valence-corrected chi connectivity index (χ3v) is 3.21. The van der Waals surface area contributed by atoms with Gasteiger partial charge in [-0.2, -0.15) is 0 Å². The number of sulfonamides is 1. The quantitative estimate of drug-likeness (QED) is 0.842. The lowest BCUT2D eigenvalue weighted by atomic mass is 10.2. The van der Waals surface area contributed by atoms with E-state index in [0.29, 0.717) is 12.2 Å². The Morgan fingerprint density at radius 3 is 2.33 bits per heavy atom. The minimum Gasteiger partial charge on any atom is -0.481 e. The van der Waals surface area contributed by atoms with Crippen LogP contribution in [0.1, 0.15) is 12.5 Å². The van der Waals surface area contributed by atoms with Gasteiger partial charge in [0.15, 0.2) is 0 Å². The third-order valence-electron chi connectivity index (χ3n) is 2.01. The van der Waals surface area contributed by atoms with Crippen LogP contribution in [-0.4, -0.2) is 32.8 Å². The van der Waals surface area contributed by atoms with Crippen LogP contribution in [0.15, 0.2) is 24.3 Å². The Kier molecular flexibility index (Phi) is 6.35. The van der Waals surface area contributed by atoms with Crippen molar-refractivity contribution in [1.29, 1.82) is 0 Å². The van der Waals surface area contributed by atoms with Gasteiger partial charge in [0.25, 0.3) is 5.97 Å². The fourth-order valence-electron chi connectivity index (χ4n) is 1.07. The van der Waals surface area contributed by atoms with E-state index in [1.165, 1.54) is 17.6 Å². The molecule has 0 aliphatic carbocycles. The summed E-state index contributed by atoms with van der Waals surface area (Å²) in [5, 5.41) is 7.42. The molecule has 0 aromatic heterocycles. The van der Waals surface area contributed by atoms with Crippen molar-refractivity contribution in [3.05, 3.63) is 29.8 Å². The van der Waals surface area contributed by atoms with Crippen LogP contribution in [-0.2, 0) is 21.4 Å². The highest BCUT2D eigenvalue weighted by molar-refractivity contribution is 7.92. The van der Waals surface area contributed by atoms with E-state index in [9.17, 15) is 8.42 Å². The van der Waals surface area contributed by atoms with E-state index in [-0.39, 0.29) is 0 Å². The summed E-state index contributed by atoms with van der Waals surface area (Å²) in [6.45, 7) is 1.49. The van der Waals surface area contributed by atoms with Crippen LogP contribution in [0.5, 0.6) is 0 Å². The van der Waals surface area contributed by atoms with Crippen molar-refractivity contribution in [2.45, 2.75) is 13.5 Å². The molecule has 6 nitrogen and oxygen atoms in total. The predicted molar refractivity (Wildman–Crippen MR) is 70.9 cm³/mol. The molecule has 102 valence electrons. The van der Waals surface area contributed by atoms with Crippen LogP contribution in [0, 0.1) is 0 Å². The van der Waals surface area contributed by atoms with Crippen LogP contribution in [0.25, 0.3) is 0 Å². The maximum Gasteiger partial charge on any atom is 0.300 e. The molecule has 0 saturated carbocycles. The van der Waals surface area contributed by atoms with Crippen LogP contribution < -0.4 is 10.0 Å². The number of nitrogens with zero attached hydrogens (tertiary/aromatic N) is 1. The number of nitrogens with two attached hydrogens (primary N) is 1. The standard InChI is InChI=1S/C9H14N2O2S.C2H4O2/c1-11(14(2,12)13)9-5-3-4-8(6-9)7-10;1-2(3)4/h3-6H,7,10H2,1-2H3;1H3,(H,3,4). The molecule has 0 unspecified atom stereocenters. The lowest BCUT2D eigenvalue weighted by Gasteiger charge is -2.16. The normalized spacial score (nSPS) is 10.2. The average molecular weight is 274 g/mol. The summed E-state index contributed by atoms with van der Waals surface area (Å²) in [7, 11) is -1.67. The molecule has 0 heterocycles. The molecule has 1 aromatic rings. The van der Waals surface area contributed by atoms with Gasteiger partial charge in [0, 0.05) is 20.5 Å². The molecule has 0 aliphatic rings. The van der Waals surface area contributed by atoms with Gasteiger partial charge in [0.1, 0.15) is 0 Å². The van der Waals surface area contributed by atoms with Crippen LogP contribution in [0.2, 0.25) is 0 Å². The molecule has 1 aromatic carbocycles. The maximum absolute atomic E-state index is 11.2. The summed E-state index contributed by atoms with van der Waals surface area (Å²) in [5.74, 6) is -0.833. The van der Waals surface area contributed by atoms with Gasteiger partial charge in [0.05, 0.1) is 11.9 Å². The van der Waals surface area contributed by atoms with E-state index in [4.69, 9.17) is 15.6 Å². The Balaban J connectivity index is 0.000000631. The number of carboxylic acids is 1. The average Bonchev–Trinajstić information content (AvgIpc) is 2.26. The topological polar surface area (TPSA) is 101 Å². The summed E-state index contributed by atoms with van der Waals surface area (Å²) >= 11 is 0. The molecule has 0 spiro atoms. The second-order valence-corrected chi connectivity index (χ2v) is 5.64. The summed E-state index contributed by atoms with van der Waals surface area (Å²) in [5.41, 5.74) is 7.01. The molecule has 0 amide bonds. The summed E-state index contributed by atoms with van der Waals surface area (Å²) in [6, 6.07) is 7.15. The number of hydrogen-bond acceptors (Lipinski definition) is 4. The minimum atomic E-state index is -3.19. The molecule has 3 N–H and O–H groups in total. The zero-order valence-corrected chi connectivity index (χ0v) is 11.4. The van der Waals surface area contributed by atoms with E-state index < -0.39 is 16.0 Å². The first-order valence-electron chi connectivity index (χ1n) is 5.11. The molecule has 0 atom stereocenters. The Hall–Kier alpha value is -1.60. The Morgan fingerprint density at radius 2 is 1.94 bits per heavy atom. The molecule has 18 heavy (non-hydrogen) atoms. The van der Waals surface area contributed by atoms with Gasteiger partial charge in [-0.05, 0) is 17.7 Å². The zero-order valence-electron chi connectivity index (χ0n) is 10.6. The van der Waals surface area contributed by atoms with Gasteiger partial charge in [0.2, 0.25) is 10.0 Å². The van der Waals surface area contributed by atoms with Crippen molar-refractivity contribution >= 4 is 21.7 Å². The second kappa shape index (κ2) is 6.97. The summed E-state index contributed by atoms with van der Waals surface area (Å²) in [6.07, 6.45) is 1.17. The van der Waals surface area contributed by atoms with Gasteiger partial charge < -0.3 is 10.8 Å². The Bertz CT molecular complexity index is 496. The Labute approximate surface area is 107 Å². The minimum absolute atomic E-state index is 0.408. The fourth-order valence-corrected chi connectivity index (χ4v) is 1.57.